The minimum Gasteiger partial charge on any atom is -0.349 e. The van der Waals surface area contributed by atoms with Gasteiger partial charge in [-0.25, -0.2) is 8.42 Å². The van der Waals surface area contributed by atoms with Gasteiger partial charge in [0.05, 0.1) is 6.26 Å². The number of piperidine rings is 1. The van der Waals surface area contributed by atoms with Crippen molar-refractivity contribution in [2.75, 3.05) is 11.0 Å². The highest BCUT2D eigenvalue weighted by molar-refractivity contribution is 7.92. The Morgan fingerprint density at radius 1 is 1.17 bits per heavy atom. The van der Waals surface area contributed by atoms with Crippen molar-refractivity contribution in [2.45, 2.75) is 57.7 Å². The molecule has 2 rings (SSSR count). The van der Waals surface area contributed by atoms with Crippen molar-refractivity contribution in [1.82, 2.24) is 10.6 Å². The second kappa shape index (κ2) is 6.37. The fourth-order valence-corrected chi connectivity index (χ4v) is 4.19. The van der Waals surface area contributed by atoms with Gasteiger partial charge in [-0.1, -0.05) is 6.07 Å². The molecule has 134 valence electrons. The molecule has 6 nitrogen and oxygen atoms in total. The molecule has 7 heteroatoms. The number of benzene rings is 1. The monoisotopic (exact) mass is 353 g/mol. The third-order valence-corrected chi connectivity index (χ3v) is 4.56. The Kier molecular flexibility index (Phi) is 4.97. The smallest absolute Gasteiger partial charge is 0.251 e. The van der Waals surface area contributed by atoms with Crippen molar-refractivity contribution < 1.29 is 13.2 Å². The molecule has 0 spiro atoms. The van der Waals surface area contributed by atoms with Crippen molar-refractivity contribution in [1.29, 1.82) is 0 Å². The van der Waals surface area contributed by atoms with E-state index in [0.29, 0.717) is 11.3 Å². The summed E-state index contributed by atoms with van der Waals surface area (Å²) in [4.78, 5) is 12.5. The number of rotatable bonds is 4. The average Bonchev–Trinajstić information content (AvgIpc) is 2.32. The lowest BCUT2D eigenvalue weighted by Gasteiger charge is -2.46. The van der Waals surface area contributed by atoms with Crippen molar-refractivity contribution in [3.05, 3.63) is 29.8 Å². The number of amides is 1. The molecule has 3 N–H and O–H groups in total. The predicted molar refractivity (Wildman–Crippen MR) is 96.7 cm³/mol. The van der Waals surface area contributed by atoms with Gasteiger partial charge >= 0.3 is 0 Å². The first kappa shape index (κ1) is 18.7. The zero-order chi connectivity index (χ0) is 18.2. The van der Waals surface area contributed by atoms with Crippen LogP contribution >= 0.6 is 0 Å². The number of nitrogens with one attached hydrogen (secondary N) is 3. The van der Waals surface area contributed by atoms with Crippen molar-refractivity contribution in [3.8, 4) is 0 Å². The van der Waals surface area contributed by atoms with Gasteiger partial charge in [-0.05, 0) is 58.7 Å². The van der Waals surface area contributed by atoms with Gasteiger partial charge in [0.15, 0.2) is 0 Å². The lowest BCUT2D eigenvalue weighted by atomic mass is 9.79. The lowest BCUT2D eigenvalue weighted by molar-refractivity contribution is 0.0873. The van der Waals surface area contributed by atoms with Crippen LogP contribution in [-0.2, 0) is 10.0 Å². The van der Waals surface area contributed by atoms with Crippen LogP contribution in [0.5, 0.6) is 0 Å². The van der Waals surface area contributed by atoms with E-state index < -0.39 is 10.0 Å². The number of carbonyl (C=O) groups is 1. The summed E-state index contributed by atoms with van der Waals surface area (Å²) in [5, 5.41) is 6.66. The number of hydrogen-bond acceptors (Lipinski definition) is 4. The number of hydrogen-bond donors (Lipinski definition) is 3. The Bertz CT molecular complexity index is 710. The van der Waals surface area contributed by atoms with Crippen LogP contribution in [-0.4, -0.2) is 37.7 Å². The van der Waals surface area contributed by atoms with E-state index in [9.17, 15) is 13.2 Å². The van der Waals surface area contributed by atoms with E-state index in [-0.39, 0.29) is 23.0 Å². The molecule has 0 unspecified atom stereocenters. The van der Waals surface area contributed by atoms with Gasteiger partial charge in [-0.15, -0.1) is 0 Å². The van der Waals surface area contributed by atoms with Gasteiger partial charge < -0.3 is 10.6 Å². The molecule has 1 aliphatic heterocycles. The van der Waals surface area contributed by atoms with Crippen LogP contribution in [0.15, 0.2) is 24.3 Å². The zero-order valence-electron chi connectivity index (χ0n) is 14.9. The maximum atomic E-state index is 12.5. The Morgan fingerprint density at radius 2 is 1.75 bits per heavy atom. The Hall–Kier alpha value is -1.60. The highest BCUT2D eigenvalue weighted by Gasteiger charge is 2.38. The first-order valence-electron chi connectivity index (χ1n) is 8.03. The lowest BCUT2D eigenvalue weighted by Crippen LogP contribution is -2.62. The van der Waals surface area contributed by atoms with E-state index in [1.165, 1.54) is 0 Å². The summed E-state index contributed by atoms with van der Waals surface area (Å²) in [6.45, 7) is 8.51. The maximum absolute atomic E-state index is 12.5. The number of sulfonamides is 1. The highest BCUT2D eigenvalue weighted by Crippen LogP contribution is 2.28. The largest absolute Gasteiger partial charge is 0.349 e. The molecule has 0 aliphatic carbocycles. The summed E-state index contributed by atoms with van der Waals surface area (Å²) in [6, 6.07) is 6.58. The molecular weight excluding hydrogens is 326 g/mol. The summed E-state index contributed by atoms with van der Waals surface area (Å²) in [5.74, 6) is -0.189. The van der Waals surface area contributed by atoms with Crippen molar-refractivity contribution in [2.24, 2.45) is 0 Å². The molecule has 1 aromatic carbocycles. The highest BCUT2D eigenvalue weighted by atomic mass is 32.2. The second-order valence-corrected chi connectivity index (χ2v) is 9.67. The van der Waals surface area contributed by atoms with Gasteiger partial charge in [0.2, 0.25) is 10.0 Å². The fraction of sp³-hybridized carbons (Fsp3) is 0.588. The molecule has 1 amide bonds. The normalized spacial score (nSPS) is 20.4. The van der Waals surface area contributed by atoms with Gasteiger partial charge in [0.1, 0.15) is 0 Å². The quantitative estimate of drug-likeness (QED) is 0.773. The molecule has 1 aromatic rings. The van der Waals surface area contributed by atoms with Gasteiger partial charge in [-0.3, -0.25) is 9.52 Å². The van der Waals surface area contributed by atoms with Gasteiger partial charge in [0, 0.05) is 28.4 Å². The number of carbonyl (C=O) groups excluding carboxylic acids is 1. The zero-order valence-corrected chi connectivity index (χ0v) is 15.8. The summed E-state index contributed by atoms with van der Waals surface area (Å²) >= 11 is 0. The Labute approximate surface area is 144 Å². The number of anilines is 1. The molecule has 0 bridgehead atoms. The SMILES string of the molecule is CC1(C)CC(NC(=O)c2cccc(NS(C)(=O)=O)c2)CC(C)(C)N1. The standard InChI is InChI=1S/C17H27N3O3S/c1-16(2)10-14(11-17(3,4)20-16)18-15(21)12-7-6-8-13(9-12)19-24(5,22)23/h6-9,14,19-20H,10-11H2,1-5H3,(H,18,21). The van der Waals surface area contributed by atoms with Crippen LogP contribution in [0.3, 0.4) is 0 Å². The summed E-state index contributed by atoms with van der Waals surface area (Å²) in [5.41, 5.74) is 0.715. The molecule has 1 heterocycles. The molecule has 24 heavy (non-hydrogen) atoms. The summed E-state index contributed by atoms with van der Waals surface area (Å²) in [7, 11) is -3.37. The molecular formula is C17H27N3O3S. The third-order valence-electron chi connectivity index (χ3n) is 3.95. The molecule has 0 radical (unpaired) electrons. The third kappa shape index (κ3) is 5.49. The molecule has 0 saturated carbocycles. The molecule has 0 aromatic heterocycles. The minimum atomic E-state index is -3.37. The maximum Gasteiger partial charge on any atom is 0.251 e. The van der Waals surface area contributed by atoms with Gasteiger partial charge in [0.25, 0.3) is 5.91 Å². The average molecular weight is 353 g/mol. The fourth-order valence-electron chi connectivity index (χ4n) is 3.63. The van der Waals surface area contributed by atoms with Crippen molar-refractivity contribution >= 4 is 21.6 Å². The molecule has 0 atom stereocenters. The first-order chi connectivity index (χ1) is 10.9. The van der Waals surface area contributed by atoms with E-state index in [1.54, 1.807) is 24.3 Å². The summed E-state index contributed by atoms with van der Waals surface area (Å²) in [6.07, 6.45) is 2.76. The van der Waals surface area contributed by atoms with E-state index >= 15 is 0 Å². The predicted octanol–water partition coefficient (Wildman–Crippen LogP) is 2.10. The van der Waals surface area contributed by atoms with Crippen LogP contribution in [0.25, 0.3) is 0 Å². The first-order valence-corrected chi connectivity index (χ1v) is 9.92. The van der Waals surface area contributed by atoms with E-state index in [0.717, 1.165) is 19.1 Å². The minimum absolute atomic E-state index is 0.0562. The second-order valence-electron chi connectivity index (χ2n) is 7.93. The Morgan fingerprint density at radius 3 is 2.29 bits per heavy atom. The van der Waals surface area contributed by atoms with Crippen LogP contribution in [0, 0.1) is 0 Å². The van der Waals surface area contributed by atoms with E-state index in [4.69, 9.17) is 0 Å². The van der Waals surface area contributed by atoms with Crippen LogP contribution in [0.2, 0.25) is 0 Å². The van der Waals surface area contributed by atoms with Gasteiger partial charge in [-0.2, -0.15) is 0 Å². The van der Waals surface area contributed by atoms with Crippen LogP contribution < -0.4 is 15.4 Å². The molecule has 1 fully saturated rings. The Balaban J connectivity index is 2.11. The van der Waals surface area contributed by atoms with E-state index in [1.807, 2.05) is 0 Å². The topological polar surface area (TPSA) is 87.3 Å². The van der Waals surface area contributed by atoms with Crippen LogP contribution in [0.4, 0.5) is 5.69 Å². The summed E-state index contributed by atoms with van der Waals surface area (Å²) < 4.78 is 25.0. The van der Waals surface area contributed by atoms with Crippen LogP contribution in [0.1, 0.15) is 50.9 Å². The van der Waals surface area contributed by atoms with E-state index in [2.05, 4.69) is 43.1 Å². The molecule has 1 aliphatic rings. The van der Waals surface area contributed by atoms with Crippen molar-refractivity contribution in [3.63, 3.8) is 0 Å². The molecule has 1 saturated heterocycles.